The molecule has 9 aliphatic rings. The highest BCUT2D eigenvalue weighted by atomic mass is 16.8. The topological polar surface area (TPSA) is 337 Å². The number of carbonyl (C=O) groups excluding carboxylic acids is 10. The Morgan fingerprint density at radius 1 is 0.419 bits per heavy atom. The Hall–Kier alpha value is -5.62. The van der Waals surface area contributed by atoms with Crippen LogP contribution in [0.25, 0.3) is 0 Å². The molecule has 0 bridgehead atoms. The highest BCUT2D eigenvalue weighted by Gasteiger charge is 2.70. The van der Waals surface area contributed by atoms with Gasteiger partial charge in [-0.15, -0.1) is 0 Å². The summed E-state index contributed by atoms with van der Waals surface area (Å²) in [6.45, 7) is 18.8. The van der Waals surface area contributed by atoms with Crippen molar-refractivity contribution in [3.63, 3.8) is 0 Å². The molecular weight excluding hydrogens is 1230 g/mol. The Labute approximate surface area is 541 Å². The Bertz CT molecular complexity index is 2760. The Morgan fingerprint density at radius 2 is 0.860 bits per heavy atom. The zero-order valence-corrected chi connectivity index (χ0v) is 55.7. The zero-order chi connectivity index (χ0) is 67.8. The molecule has 5 aliphatic heterocycles. The SMILES string of the molecule is CC(=O)OC[C@H]1O[C@@H](OC[C@H]2O[C@@H](O[C@H]3CC[C@@]4(C)[C@H](CC[C@@H]5[C@@H]4CC[C@]4(C)[C@@H]6[C@H](C[C@@H]54)O[C@]4(CC[C@H](C)CO4)[C@H]6C)C3)[C@H](OC(C)=O)[C@@H](OC(C)=O)[C@@H]2O[C@@H]2O[C@H](COC(C)=O)[C@@H](OC(C)=O)[C@H](OC(C)=O)[C@H]2OC(C)=O)[C@H](OC(C)=O)[C@@H](OC(C)=O)[C@@H]1OC(C)=O. The first-order valence-corrected chi connectivity index (χ1v) is 32.7. The van der Waals surface area contributed by atoms with E-state index < -0.39 is 184 Å². The second kappa shape index (κ2) is 29.4. The van der Waals surface area contributed by atoms with Gasteiger partial charge in [-0.25, -0.2) is 0 Å². The largest absolute Gasteiger partial charge is 0.463 e. The van der Waals surface area contributed by atoms with E-state index in [0.717, 1.165) is 121 Å². The van der Waals surface area contributed by atoms with Crippen LogP contribution < -0.4 is 0 Å². The summed E-state index contributed by atoms with van der Waals surface area (Å²) in [5.74, 6) is -6.72. The molecule has 28 heteroatoms. The van der Waals surface area contributed by atoms with E-state index in [1.807, 2.05) is 0 Å². The molecule has 0 aromatic heterocycles. The van der Waals surface area contributed by atoms with Crippen molar-refractivity contribution in [2.45, 2.75) is 271 Å². The molecule has 522 valence electrons. The normalized spacial score (nSPS) is 42.4. The molecule has 0 N–H and O–H groups in total. The smallest absolute Gasteiger partial charge is 0.303 e. The van der Waals surface area contributed by atoms with Crippen LogP contribution in [0.15, 0.2) is 0 Å². The molecule has 27 atom stereocenters. The molecule has 5 saturated heterocycles. The van der Waals surface area contributed by atoms with E-state index in [1.165, 1.54) is 0 Å². The van der Waals surface area contributed by atoms with Crippen molar-refractivity contribution in [1.29, 1.82) is 0 Å². The Morgan fingerprint density at radius 3 is 1.34 bits per heavy atom. The van der Waals surface area contributed by atoms with Gasteiger partial charge >= 0.3 is 59.7 Å². The van der Waals surface area contributed by atoms with Crippen LogP contribution >= 0.6 is 0 Å². The summed E-state index contributed by atoms with van der Waals surface area (Å²) in [7, 11) is 0. The zero-order valence-electron chi connectivity index (χ0n) is 55.7. The number of fused-ring (bicyclic) bond motifs is 7. The van der Waals surface area contributed by atoms with Crippen LogP contribution in [0.5, 0.6) is 0 Å². The van der Waals surface area contributed by atoms with Gasteiger partial charge in [-0.05, 0) is 104 Å². The van der Waals surface area contributed by atoms with Gasteiger partial charge in [-0.3, -0.25) is 47.9 Å². The fourth-order valence-corrected chi connectivity index (χ4v) is 17.4. The number of esters is 10. The molecule has 9 fully saturated rings. The number of rotatable bonds is 19. The molecule has 4 saturated carbocycles. The minimum atomic E-state index is -1.98. The molecule has 0 aromatic rings. The maximum Gasteiger partial charge on any atom is 0.303 e. The summed E-state index contributed by atoms with van der Waals surface area (Å²) in [6.07, 6.45) is -16.9. The van der Waals surface area contributed by atoms with Gasteiger partial charge in [0.15, 0.2) is 73.5 Å². The quantitative estimate of drug-likeness (QED) is 0.0935. The van der Waals surface area contributed by atoms with Gasteiger partial charge in [-0.1, -0.05) is 27.7 Å². The van der Waals surface area contributed by atoms with E-state index in [-0.39, 0.29) is 28.8 Å². The lowest BCUT2D eigenvalue weighted by molar-refractivity contribution is -0.372. The van der Waals surface area contributed by atoms with Gasteiger partial charge in [-0.2, -0.15) is 0 Å². The first kappa shape index (κ1) is 71.7. The fraction of sp³-hybridized carbons (Fsp3) is 0.846. The average molecular weight is 1320 g/mol. The van der Waals surface area contributed by atoms with Crippen LogP contribution in [0, 0.1) is 52.3 Å². The van der Waals surface area contributed by atoms with Crippen molar-refractivity contribution >= 4 is 59.7 Å². The maximum absolute atomic E-state index is 13.6. The highest BCUT2D eigenvalue weighted by molar-refractivity contribution is 5.70. The summed E-state index contributed by atoms with van der Waals surface area (Å²) in [5, 5.41) is 0. The van der Waals surface area contributed by atoms with Gasteiger partial charge < -0.3 is 85.3 Å². The predicted octanol–water partition coefficient (Wildman–Crippen LogP) is 4.97. The second-order valence-corrected chi connectivity index (χ2v) is 27.5. The van der Waals surface area contributed by atoms with E-state index in [0.29, 0.717) is 49.0 Å². The number of hydrogen-bond acceptors (Lipinski definition) is 28. The maximum atomic E-state index is 13.6. The van der Waals surface area contributed by atoms with Crippen molar-refractivity contribution in [1.82, 2.24) is 0 Å². The third-order valence-corrected chi connectivity index (χ3v) is 21.0. The standard InChI is InChI=1S/C65H94O28/c1-29-17-22-65(79-25-29)30(2)50-46(93-65)24-45-43-16-15-41-23-42(18-20-63(41,13)44(43)19-21-64(45,50)14)88-61-58(86-39(11)74)56(84-37(9)72)53(92-62-59(87-40(12)75)55(83-36(8)71)52(81-34(6)69)48(91-62)27-77-32(4)67)49(90-61)28-78-60-57(85-38(10)73)54(82-35(7)70)51(80-33(5)68)47(89-60)26-76-31(3)66/h29-30,41-62H,15-28H2,1-14H3/t29-,30-,41+,42-,43+,44-,45-,46-,47+,48+,49+,50-,51+,52+,53+,54-,55-,56-,57+,58+,59+,60+,61+,62-,63-,64-,65+/m0/s1. The van der Waals surface area contributed by atoms with Gasteiger partial charge in [0, 0.05) is 81.6 Å². The van der Waals surface area contributed by atoms with E-state index in [2.05, 4.69) is 27.7 Å². The number of hydrogen-bond donors (Lipinski definition) is 0. The van der Waals surface area contributed by atoms with Crippen molar-refractivity contribution in [3.05, 3.63) is 0 Å². The monoisotopic (exact) mass is 1320 g/mol. The van der Waals surface area contributed by atoms with Crippen LogP contribution in [0.2, 0.25) is 0 Å². The first-order chi connectivity index (χ1) is 43.8. The molecule has 0 unspecified atom stereocenters. The van der Waals surface area contributed by atoms with Crippen LogP contribution in [0.4, 0.5) is 0 Å². The second-order valence-electron chi connectivity index (χ2n) is 27.5. The highest BCUT2D eigenvalue weighted by Crippen LogP contribution is 2.71. The third-order valence-electron chi connectivity index (χ3n) is 21.0. The summed E-state index contributed by atoms with van der Waals surface area (Å²) < 4.78 is 110. The summed E-state index contributed by atoms with van der Waals surface area (Å²) in [4.78, 5) is 129. The minimum Gasteiger partial charge on any atom is -0.463 e. The number of carbonyl (C=O) groups is 10. The van der Waals surface area contributed by atoms with Crippen LogP contribution in [0.1, 0.15) is 161 Å². The lowest BCUT2D eigenvalue weighted by Crippen LogP contribution is -2.68. The van der Waals surface area contributed by atoms with E-state index >= 15 is 0 Å². The van der Waals surface area contributed by atoms with Crippen molar-refractivity contribution in [2.75, 3.05) is 26.4 Å². The average Bonchev–Trinajstić information content (AvgIpc) is 1.56. The van der Waals surface area contributed by atoms with E-state index in [1.54, 1.807) is 0 Å². The molecular formula is C65H94O28. The summed E-state index contributed by atoms with van der Waals surface area (Å²) in [5.41, 5.74) is 0.0405. The van der Waals surface area contributed by atoms with Gasteiger partial charge in [0.1, 0.15) is 37.6 Å². The molecule has 0 radical (unpaired) electrons. The molecule has 0 amide bonds. The van der Waals surface area contributed by atoms with Crippen LogP contribution in [-0.4, -0.2) is 196 Å². The van der Waals surface area contributed by atoms with E-state index in [4.69, 9.17) is 85.3 Å². The summed E-state index contributed by atoms with van der Waals surface area (Å²) in [6, 6.07) is 0. The molecule has 28 nitrogen and oxygen atoms in total. The Balaban J connectivity index is 1.06. The fourth-order valence-electron chi connectivity index (χ4n) is 17.4. The molecule has 9 rings (SSSR count). The minimum absolute atomic E-state index is 0.0646. The molecule has 93 heavy (non-hydrogen) atoms. The third kappa shape index (κ3) is 15.8. The predicted molar refractivity (Wildman–Crippen MR) is 311 cm³/mol. The number of ether oxygens (including phenoxy) is 18. The first-order valence-electron chi connectivity index (χ1n) is 32.7. The van der Waals surface area contributed by atoms with E-state index in [9.17, 15) is 47.9 Å². The van der Waals surface area contributed by atoms with Crippen molar-refractivity contribution < 1.29 is 133 Å². The molecule has 0 aromatic carbocycles. The molecule has 5 heterocycles. The summed E-state index contributed by atoms with van der Waals surface area (Å²) >= 11 is 0. The molecule has 4 aliphatic carbocycles. The van der Waals surface area contributed by atoms with Gasteiger partial charge in [0.25, 0.3) is 0 Å². The van der Waals surface area contributed by atoms with Gasteiger partial charge in [0.2, 0.25) is 0 Å². The lowest BCUT2D eigenvalue weighted by atomic mass is 9.44. The molecule has 1 spiro atoms. The van der Waals surface area contributed by atoms with Gasteiger partial charge in [0.05, 0.1) is 25.4 Å². The van der Waals surface area contributed by atoms with Crippen LogP contribution in [0.3, 0.4) is 0 Å². The lowest BCUT2D eigenvalue weighted by Gasteiger charge is -2.61. The van der Waals surface area contributed by atoms with Crippen molar-refractivity contribution in [2.24, 2.45) is 52.3 Å². The van der Waals surface area contributed by atoms with Crippen LogP contribution in [-0.2, 0) is 133 Å². The Kier molecular flexibility index (Phi) is 22.6. The van der Waals surface area contributed by atoms with Crippen molar-refractivity contribution in [3.8, 4) is 0 Å².